The summed E-state index contributed by atoms with van der Waals surface area (Å²) in [5, 5.41) is 6.42. The predicted octanol–water partition coefficient (Wildman–Crippen LogP) is 9.91. The lowest BCUT2D eigenvalue weighted by Crippen LogP contribution is -2.42. The van der Waals surface area contributed by atoms with Gasteiger partial charge in [-0.25, -0.2) is 0 Å². The Bertz CT molecular complexity index is 2430. The fourth-order valence-electron chi connectivity index (χ4n) is 8.09. The molecule has 0 spiro atoms. The number of anilines is 2. The van der Waals surface area contributed by atoms with Gasteiger partial charge in [0.05, 0.1) is 11.4 Å². The van der Waals surface area contributed by atoms with Crippen molar-refractivity contribution in [3.8, 4) is 33.4 Å². The Balaban J connectivity index is 1.24. The van der Waals surface area contributed by atoms with E-state index in [1.54, 1.807) is 0 Å². The molecule has 0 aromatic heterocycles. The lowest BCUT2D eigenvalue weighted by atomic mass is 9.49. The van der Waals surface area contributed by atoms with E-state index in [1.807, 2.05) is 11.8 Å². The highest BCUT2D eigenvalue weighted by atomic mass is 32.2. The first-order valence-electron chi connectivity index (χ1n) is 16.0. The fourth-order valence-corrected chi connectivity index (χ4v) is 9.11. The molecule has 0 bridgehead atoms. The Labute approximate surface area is 273 Å². The average molecular weight is 602 g/mol. The maximum absolute atomic E-state index is 4.87. The van der Waals surface area contributed by atoms with E-state index < -0.39 is 0 Å². The highest BCUT2D eigenvalue weighted by molar-refractivity contribution is 7.99. The number of para-hydroxylation sites is 2. The fraction of sp³-hybridized carbons (Fsp3) is 0.0233. The summed E-state index contributed by atoms with van der Waals surface area (Å²) in [5.74, 6) is 0.0913. The van der Waals surface area contributed by atoms with Crippen LogP contribution < -0.4 is 16.2 Å². The average Bonchev–Trinajstić information content (AvgIpc) is 3.11. The zero-order chi connectivity index (χ0) is 30.4. The number of fused-ring (bicyclic) bond motifs is 8. The van der Waals surface area contributed by atoms with Crippen molar-refractivity contribution in [2.75, 3.05) is 5.32 Å². The van der Waals surface area contributed by atoms with Gasteiger partial charge in [0, 0.05) is 21.3 Å². The van der Waals surface area contributed by atoms with Crippen molar-refractivity contribution in [2.24, 2.45) is 0 Å². The summed E-state index contributed by atoms with van der Waals surface area (Å²) in [4.78, 5) is 2.52. The van der Waals surface area contributed by atoms with Crippen molar-refractivity contribution < 1.29 is 0 Å². The molecule has 1 nitrogen and oxygen atoms in total. The zero-order valence-electron chi connectivity index (χ0n) is 25.2. The predicted molar refractivity (Wildman–Crippen MR) is 198 cm³/mol. The van der Waals surface area contributed by atoms with E-state index in [9.17, 15) is 0 Å². The molecule has 1 atom stereocenters. The first-order chi connectivity index (χ1) is 22.7. The van der Waals surface area contributed by atoms with Gasteiger partial charge in [-0.1, -0.05) is 145 Å². The lowest BCUT2D eigenvalue weighted by molar-refractivity contribution is 1.05. The molecular weight excluding hydrogens is 573 g/mol. The summed E-state index contributed by atoms with van der Waals surface area (Å²) in [6.45, 7) is 4.87. The third-order valence-electron chi connectivity index (χ3n) is 10.1. The molecule has 1 unspecified atom stereocenters. The molecule has 0 saturated heterocycles. The van der Waals surface area contributed by atoms with Gasteiger partial charge in [0.15, 0.2) is 7.28 Å². The smallest absolute Gasteiger partial charge is 0.193 e. The maximum atomic E-state index is 4.87. The van der Waals surface area contributed by atoms with Gasteiger partial charge in [0.2, 0.25) is 0 Å². The van der Waals surface area contributed by atoms with Gasteiger partial charge in [-0.2, -0.15) is 0 Å². The van der Waals surface area contributed by atoms with Gasteiger partial charge < -0.3 is 5.32 Å². The first kappa shape index (κ1) is 26.0. The number of allylic oxidation sites excluding steroid dienone is 1. The number of hydrogen-bond acceptors (Lipinski definition) is 2. The summed E-state index contributed by atoms with van der Waals surface area (Å²) >= 11 is 1.85. The van der Waals surface area contributed by atoms with Gasteiger partial charge in [-0.15, -0.1) is 0 Å². The molecular formula is C43H28BNS. The van der Waals surface area contributed by atoms with E-state index in [2.05, 4.69) is 145 Å². The van der Waals surface area contributed by atoms with Crippen LogP contribution in [0.3, 0.4) is 0 Å². The number of rotatable bonds is 2. The van der Waals surface area contributed by atoms with E-state index in [0.29, 0.717) is 0 Å². The van der Waals surface area contributed by atoms with E-state index >= 15 is 0 Å². The minimum Gasteiger partial charge on any atom is -0.353 e. The summed E-state index contributed by atoms with van der Waals surface area (Å²) in [6.07, 6.45) is 0. The zero-order valence-corrected chi connectivity index (χ0v) is 26.0. The third-order valence-corrected chi connectivity index (χ3v) is 11.3. The maximum Gasteiger partial charge on any atom is 0.193 e. The van der Waals surface area contributed by atoms with E-state index in [4.69, 9.17) is 6.58 Å². The van der Waals surface area contributed by atoms with Crippen LogP contribution in [-0.4, -0.2) is 7.28 Å². The van der Waals surface area contributed by atoms with Crippen LogP contribution in [0.5, 0.6) is 0 Å². The Morgan fingerprint density at radius 2 is 1.39 bits per heavy atom. The van der Waals surface area contributed by atoms with E-state index in [0.717, 1.165) is 7.28 Å². The molecule has 7 aromatic carbocycles. The first-order valence-corrected chi connectivity index (χ1v) is 16.8. The van der Waals surface area contributed by atoms with Gasteiger partial charge in [0.1, 0.15) is 0 Å². The molecule has 10 rings (SSSR count). The van der Waals surface area contributed by atoms with Crippen LogP contribution >= 0.6 is 11.8 Å². The number of benzene rings is 7. The molecule has 0 radical (unpaired) electrons. The quantitative estimate of drug-likeness (QED) is 0.198. The van der Waals surface area contributed by atoms with Crippen molar-refractivity contribution in [3.05, 3.63) is 163 Å². The molecule has 0 amide bonds. The molecule has 1 aliphatic carbocycles. The highest BCUT2D eigenvalue weighted by Gasteiger charge is 2.38. The molecule has 3 heteroatoms. The van der Waals surface area contributed by atoms with Gasteiger partial charge in [0.25, 0.3) is 0 Å². The highest BCUT2D eigenvalue weighted by Crippen LogP contribution is 2.53. The van der Waals surface area contributed by atoms with Crippen molar-refractivity contribution in [1.29, 1.82) is 0 Å². The normalized spacial score (nSPS) is 15.0. The number of hydrogen-bond donors (Lipinski definition) is 1. The van der Waals surface area contributed by atoms with Gasteiger partial charge >= 0.3 is 0 Å². The summed E-state index contributed by atoms with van der Waals surface area (Å²) in [7, 11) is 0.889. The Morgan fingerprint density at radius 1 is 0.609 bits per heavy atom. The van der Waals surface area contributed by atoms with Crippen LogP contribution in [0.4, 0.5) is 11.4 Å². The minimum absolute atomic E-state index is 0.0913. The van der Waals surface area contributed by atoms with Crippen LogP contribution in [-0.2, 0) is 0 Å². The topological polar surface area (TPSA) is 12.0 Å². The van der Waals surface area contributed by atoms with Gasteiger partial charge in [-0.3, -0.25) is 0 Å². The molecule has 7 aromatic rings. The summed E-state index contributed by atoms with van der Waals surface area (Å²) < 4.78 is 0. The van der Waals surface area contributed by atoms with Crippen LogP contribution in [0.2, 0.25) is 0 Å². The molecule has 2 aliphatic heterocycles. The number of nitrogens with one attached hydrogen (secondary N) is 1. The van der Waals surface area contributed by atoms with Gasteiger partial charge in [-0.05, 0) is 85.1 Å². The SMILES string of the molecule is C=C1c2ccc3ccccc3c2-c2cccc3c2C1c1cc(-c2ccccc2)cc(-c2cccc4c2Nc2ccccc2S4)c1B3. The molecule has 0 saturated carbocycles. The molecule has 3 aliphatic rings. The molecule has 46 heavy (non-hydrogen) atoms. The monoisotopic (exact) mass is 601 g/mol. The standard InChI is InChI=1S/C43H28BNS/c1-25-29-22-21-27-13-5-6-14-30(27)40(29)32-16-9-17-35-41(32)39(25)34-24-28(26-11-3-2-4-12-26)23-33(42(34)44-35)31-15-10-20-38-43(31)45-36-18-7-8-19-37(36)46-38/h2-24,39,44-45H,1H2. The Hall–Kier alpha value is -5.25. The van der Waals surface area contributed by atoms with Crippen LogP contribution in [0.25, 0.3) is 49.7 Å². The molecule has 2 heterocycles. The Morgan fingerprint density at radius 3 is 2.33 bits per heavy atom. The lowest BCUT2D eigenvalue weighted by Gasteiger charge is -2.38. The van der Waals surface area contributed by atoms with Crippen LogP contribution in [0, 0.1) is 0 Å². The van der Waals surface area contributed by atoms with Crippen LogP contribution in [0.1, 0.15) is 22.6 Å². The van der Waals surface area contributed by atoms with Crippen molar-refractivity contribution in [1.82, 2.24) is 0 Å². The van der Waals surface area contributed by atoms with Crippen molar-refractivity contribution in [2.45, 2.75) is 15.7 Å². The largest absolute Gasteiger partial charge is 0.353 e. The minimum atomic E-state index is 0.0913. The third kappa shape index (κ3) is 3.73. The second kappa shape index (κ2) is 9.88. The summed E-state index contributed by atoms with van der Waals surface area (Å²) in [5.41, 5.74) is 18.1. The summed E-state index contributed by atoms with van der Waals surface area (Å²) in [6, 6.07) is 51.4. The molecule has 214 valence electrons. The van der Waals surface area contributed by atoms with Crippen LogP contribution in [0.15, 0.2) is 156 Å². The van der Waals surface area contributed by atoms with E-state index in [-0.39, 0.29) is 5.92 Å². The molecule has 0 fully saturated rings. The molecule has 1 N–H and O–H groups in total. The van der Waals surface area contributed by atoms with E-state index in [1.165, 1.54) is 98.5 Å². The van der Waals surface area contributed by atoms with Crippen molar-refractivity contribution in [3.63, 3.8) is 0 Å². The Kier molecular flexibility index (Phi) is 5.59. The second-order valence-corrected chi connectivity index (χ2v) is 13.7. The second-order valence-electron chi connectivity index (χ2n) is 12.6. The van der Waals surface area contributed by atoms with Crippen molar-refractivity contribution >= 4 is 57.7 Å².